The summed E-state index contributed by atoms with van der Waals surface area (Å²) in [6, 6.07) is 0. The average molecular weight is 305 g/mol. The molecule has 0 aliphatic carbocycles. The summed E-state index contributed by atoms with van der Waals surface area (Å²) in [6.07, 6.45) is 1.23. The summed E-state index contributed by atoms with van der Waals surface area (Å²) in [5, 5.41) is -0.0562. The van der Waals surface area contributed by atoms with E-state index in [-0.39, 0.29) is 13.0 Å². The molecule has 1 aliphatic heterocycles. The highest BCUT2D eigenvalue weighted by atomic mass is 32.1. The zero-order valence-electron chi connectivity index (χ0n) is 9.06. The Balaban J connectivity index is 3.28. The highest BCUT2D eigenvalue weighted by Gasteiger charge is 2.64. The minimum Gasteiger partial charge on any atom is -0.323 e. The molecule has 0 radical (unpaired) electrons. The summed E-state index contributed by atoms with van der Waals surface area (Å²) in [4.78, 5) is 37.4. The van der Waals surface area contributed by atoms with Gasteiger partial charge in [0.15, 0.2) is 0 Å². The lowest BCUT2D eigenvalue weighted by atomic mass is 9.96. The molecule has 1 heterocycles. The minimum absolute atomic E-state index is 0.180. The van der Waals surface area contributed by atoms with Gasteiger partial charge in [0, 0.05) is 5.92 Å². The fourth-order valence-corrected chi connectivity index (χ4v) is 6.09. The molecule has 0 aromatic rings. The van der Waals surface area contributed by atoms with Gasteiger partial charge in [0.1, 0.15) is 0 Å². The fraction of sp³-hybridized carbons (Fsp3) is 1.00. The molecule has 0 bridgehead atoms. The minimum atomic E-state index is -4.99. The van der Waals surface area contributed by atoms with Crippen molar-refractivity contribution in [2.24, 2.45) is 5.92 Å². The van der Waals surface area contributed by atoms with Gasteiger partial charge in [-0.15, -0.1) is 0 Å². The van der Waals surface area contributed by atoms with Gasteiger partial charge in [-0.3, -0.25) is 14.4 Å². The summed E-state index contributed by atoms with van der Waals surface area (Å²) in [6.45, 7) is 0.180. The molecule has 102 valence electrons. The molecule has 1 aliphatic rings. The summed E-state index contributed by atoms with van der Waals surface area (Å²) in [7, 11) is -9.98. The van der Waals surface area contributed by atoms with E-state index in [1.807, 2.05) is 0 Å². The second kappa shape index (κ2) is 5.31. The first-order chi connectivity index (χ1) is 7.67. The molecule has 7 nitrogen and oxygen atoms in total. The Hall–Kier alpha value is 0.610. The Morgan fingerprint density at radius 1 is 1.24 bits per heavy atom. The van der Waals surface area contributed by atoms with Crippen LogP contribution in [0.15, 0.2) is 0 Å². The van der Waals surface area contributed by atoms with E-state index in [1.54, 1.807) is 0 Å². The summed E-state index contributed by atoms with van der Waals surface area (Å²) in [5.41, 5.74) is 0. The summed E-state index contributed by atoms with van der Waals surface area (Å²) < 4.78 is 23.1. The van der Waals surface area contributed by atoms with E-state index in [9.17, 15) is 28.7 Å². The summed E-state index contributed by atoms with van der Waals surface area (Å²) >= 11 is 3.97. The number of piperidine rings is 1. The molecule has 1 atom stereocenters. The molecule has 0 aromatic carbocycles. The van der Waals surface area contributed by atoms with Crippen LogP contribution in [-0.2, 0) is 9.13 Å². The van der Waals surface area contributed by atoms with Crippen molar-refractivity contribution in [3.63, 3.8) is 0 Å². The first kappa shape index (κ1) is 15.7. The second-order valence-corrected chi connectivity index (χ2v) is 8.48. The average Bonchev–Trinajstić information content (AvgIpc) is 2.15. The third kappa shape index (κ3) is 2.80. The van der Waals surface area contributed by atoms with Crippen molar-refractivity contribution in [2.45, 2.75) is 24.3 Å². The topological polar surface area (TPSA) is 127 Å². The maximum absolute atomic E-state index is 11.6. The van der Waals surface area contributed by atoms with E-state index in [0.717, 1.165) is 0 Å². The zero-order valence-corrected chi connectivity index (χ0v) is 11.7. The first-order valence-electron chi connectivity index (χ1n) is 5.14. The largest absolute Gasteiger partial charge is 0.358 e. The SMILES string of the molecule is O=P(O)(O)C1(P(=O)(O)O)NCCCC1CCS. The van der Waals surface area contributed by atoms with Crippen LogP contribution in [0, 0.1) is 5.92 Å². The van der Waals surface area contributed by atoms with Gasteiger partial charge in [0.25, 0.3) is 0 Å². The maximum Gasteiger partial charge on any atom is 0.358 e. The molecule has 10 heteroatoms. The molecule has 1 rings (SSSR count). The first-order valence-corrected chi connectivity index (χ1v) is 8.99. The Bertz CT molecular complexity index is 341. The normalized spacial score (nSPS) is 25.8. The highest BCUT2D eigenvalue weighted by Crippen LogP contribution is 2.72. The van der Waals surface area contributed by atoms with Crippen molar-refractivity contribution in [2.75, 3.05) is 12.3 Å². The lowest BCUT2D eigenvalue weighted by Crippen LogP contribution is -2.54. The lowest BCUT2D eigenvalue weighted by molar-refractivity contribution is 0.206. The number of thiol groups is 1. The molecule has 0 spiro atoms. The van der Waals surface area contributed by atoms with E-state index in [1.165, 1.54) is 0 Å². The van der Waals surface area contributed by atoms with Crippen molar-refractivity contribution in [1.82, 2.24) is 5.32 Å². The van der Waals surface area contributed by atoms with Crippen molar-refractivity contribution >= 4 is 27.8 Å². The maximum atomic E-state index is 11.6. The van der Waals surface area contributed by atoms with Crippen molar-refractivity contribution < 1.29 is 28.7 Å². The standard InChI is InChI=1S/C7H17NO6P2S/c9-15(10,11)7(16(12,13)14)6(3-5-17)2-1-4-8-7/h6,8,17H,1-5H2,(H2,9,10,11)(H2,12,13,14). The predicted octanol–water partition coefficient (Wildman–Crippen LogP) is 0.315. The monoisotopic (exact) mass is 305 g/mol. The van der Waals surface area contributed by atoms with Crippen LogP contribution in [0.4, 0.5) is 0 Å². The van der Waals surface area contributed by atoms with Crippen LogP contribution in [0.5, 0.6) is 0 Å². The van der Waals surface area contributed by atoms with Gasteiger partial charge in [-0.05, 0) is 31.6 Å². The smallest absolute Gasteiger partial charge is 0.323 e. The van der Waals surface area contributed by atoms with E-state index >= 15 is 0 Å². The Labute approximate surface area is 105 Å². The van der Waals surface area contributed by atoms with Gasteiger partial charge in [-0.2, -0.15) is 12.6 Å². The predicted molar refractivity (Wildman–Crippen MR) is 66.0 cm³/mol. The van der Waals surface area contributed by atoms with Crippen LogP contribution in [0.3, 0.4) is 0 Å². The van der Waals surface area contributed by atoms with Crippen LogP contribution in [0.2, 0.25) is 0 Å². The Morgan fingerprint density at radius 2 is 1.76 bits per heavy atom. The van der Waals surface area contributed by atoms with E-state index in [0.29, 0.717) is 18.6 Å². The third-order valence-electron chi connectivity index (χ3n) is 3.05. The van der Waals surface area contributed by atoms with E-state index in [2.05, 4.69) is 17.9 Å². The van der Waals surface area contributed by atoms with Crippen LogP contribution in [-0.4, -0.2) is 36.9 Å². The van der Waals surface area contributed by atoms with Gasteiger partial charge >= 0.3 is 15.2 Å². The van der Waals surface area contributed by atoms with Crippen molar-refractivity contribution in [3.8, 4) is 0 Å². The molecule has 1 fully saturated rings. The van der Waals surface area contributed by atoms with Gasteiger partial charge in [0.2, 0.25) is 5.02 Å². The van der Waals surface area contributed by atoms with Crippen LogP contribution >= 0.6 is 27.8 Å². The molecule has 5 N–H and O–H groups in total. The molecule has 17 heavy (non-hydrogen) atoms. The number of hydrogen-bond acceptors (Lipinski definition) is 4. The van der Waals surface area contributed by atoms with E-state index in [4.69, 9.17) is 0 Å². The van der Waals surface area contributed by atoms with Crippen LogP contribution in [0.1, 0.15) is 19.3 Å². The summed E-state index contributed by atoms with van der Waals surface area (Å²) in [5.74, 6) is -0.468. The molecular formula is C7H17NO6P2S. The number of hydrogen-bond donors (Lipinski definition) is 6. The molecular weight excluding hydrogens is 288 g/mol. The third-order valence-corrected chi connectivity index (χ3v) is 7.69. The molecule has 1 unspecified atom stereocenters. The number of rotatable bonds is 4. The van der Waals surface area contributed by atoms with Crippen LogP contribution < -0.4 is 5.32 Å². The molecule has 0 amide bonds. The van der Waals surface area contributed by atoms with Crippen molar-refractivity contribution in [3.05, 3.63) is 0 Å². The molecule has 0 saturated carbocycles. The van der Waals surface area contributed by atoms with E-state index < -0.39 is 26.1 Å². The van der Waals surface area contributed by atoms with Gasteiger partial charge < -0.3 is 19.6 Å². The Kier molecular flexibility index (Phi) is 4.89. The fourth-order valence-electron chi connectivity index (χ4n) is 2.32. The number of nitrogens with one attached hydrogen (secondary N) is 1. The van der Waals surface area contributed by atoms with Gasteiger partial charge in [-0.25, -0.2) is 0 Å². The lowest BCUT2D eigenvalue weighted by Gasteiger charge is -2.44. The van der Waals surface area contributed by atoms with Gasteiger partial charge in [-0.1, -0.05) is 0 Å². The van der Waals surface area contributed by atoms with Crippen molar-refractivity contribution in [1.29, 1.82) is 0 Å². The molecule has 0 aromatic heterocycles. The Morgan fingerprint density at radius 3 is 2.18 bits per heavy atom. The quantitative estimate of drug-likeness (QED) is 0.326. The highest BCUT2D eigenvalue weighted by molar-refractivity contribution is 7.80. The van der Waals surface area contributed by atoms with Crippen LogP contribution in [0.25, 0.3) is 0 Å². The second-order valence-electron chi connectivity index (χ2n) is 4.09. The zero-order chi connectivity index (χ0) is 13.3. The van der Waals surface area contributed by atoms with Gasteiger partial charge in [0.05, 0.1) is 0 Å². The molecule has 1 saturated heterocycles.